The lowest BCUT2D eigenvalue weighted by atomic mass is 9.42. The molecular formula is C17H29BO3. The van der Waals surface area contributed by atoms with E-state index in [4.69, 9.17) is 9.39 Å². The zero-order valence-electron chi connectivity index (χ0n) is 13.6. The van der Waals surface area contributed by atoms with E-state index in [1.165, 1.54) is 71.1 Å². The Morgan fingerprint density at radius 3 is 1.81 bits per heavy atom. The molecule has 0 aromatic heterocycles. The summed E-state index contributed by atoms with van der Waals surface area (Å²) in [7, 11) is 0. The second-order valence-electron chi connectivity index (χ2n) is 6.58. The molecule has 21 heavy (non-hydrogen) atoms. The summed E-state index contributed by atoms with van der Waals surface area (Å²) >= 11 is 0. The van der Waals surface area contributed by atoms with Crippen LogP contribution in [0.4, 0.5) is 0 Å². The van der Waals surface area contributed by atoms with E-state index in [0.29, 0.717) is 17.6 Å². The van der Waals surface area contributed by atoms with E-state index in [9.17, 15) is 4.79 Å². The maximum Gasteiger partial charge on any atom is 0.368 e. The molecule has 2 rings (SSSR count). The maximum absolute atomic E-state index is 11.2. The summed E-state index contributed by atoms with van der Waals surface area (Å²) in [6, 6.07) is 0. The smallest absolute Gasteiger partial charge is 0.368 e. The van der Waals surface area contributed by atoms with Crippen molar-refractivity contribution >= 4 is 12.9 Å². The average Bonchev–Trinajstić information content (AvgIpc) is 2.52. The first-order chi connectivity index (χ1) is 10.2. The molecule has 4 heteroatoms. The number of hydrogen-bond donors (Lipinski definition) is 0. The van der Waals surface area contributed by atoms with E-state index in [0.717, 1.165) is 0 Å². The molecule has 0 aromatic carbocycles. The molecule has 2 fully saturated rings. The fourth-order valence-corrected chi connectivity index (χ4v) is 3.93. The minimum Gasteiger partial charge on any atom is -0.535 e. The van der Waals surface area contributed by atoms with Crippen LogP contribution < -0.4 is 0 Å². The van der Waals surface area contributed by atoms with E-state index in [2.05, 4.69) is 0 Å². The molecule has 3 nitrogen and oxygen atoms in total. The highest BCUT2D eigenvalue weighted by atomic mass is 16.7. The largest absolute Gasteiger partial charge is 0.535 e. The molecule has 0 unspecified atom stereocenters. The first-order valence-corrected chi connectivity index (χ1v) is 8.72. The van der Waals surface area contributed by atoms with Crippen LogP contribution in [-0.4, -0.2) is 12.9 Å². The lowest BCUT2D eigenvalue weighted by Crippen LogP contribution is -2.33. The van der Waals surface area contributed by atoms with Gasteiger partial charge in [-0.25, -0.2) is 0 Å². The predicted octanol–water partition coefficient (Wildman–Crippen LogP) is 5.09. The first kappa shape index (κ1) is 16.4. The Kier molecular flexibility index (Phi) is 6.66. The van der Waals surface area contributed by atoms with Gasteiger partial charge in [-0.1, -0.05) is 64.2 Å². The van der Waals surface area contributed by atoms with Gasteiger partial charge in [-0.2, -0.15) is 0 Å². The Balaban J connectivity index is 2.04. The molecule has 0 amide bonds. The molecule has 0 heterocycles. The summed E-state index contributed by atoms with van der Waals surface area (Å²) in [5, 5.41) is 0. The van der Waals surface area contributed by atoms with Crippen LogP contribution in [0.1, 0.15) is 78.1 Å². The standard InChI is InChI=1S/C17H29BO3/c1-3-17(20-14(2)19)21-18(15-10-6-4-7-11-15)16-12-8-5-9-13-16/h3,15-16H,4-13H2,1-2H3/b17-3+. The van der Waals surface area contributed by atoms with Crippen molar-refractivity contribution in [2.45, 2.75) is 89.7 Å². The van der Waals surface area contributed by atoms with Crippen molar-refractivity contribution in [1.82, 2.24) is 0 Å². The number of carbonyl (C=O) groups excluding carboxylic acids is 1. The predicted molar refractivity (Wildman–Crippen MR) is 86.0 cm³/mol. The number of esters is 1. The summed E-state index contributed by atoms with van der Waals surface area (Å²) in [6.45, 7) is 3.54. The third-order valence-corrected chi connectivity index (χ3v) is 4.96. The maximum atomic E-state index is 11.2. The molecule has 0 spiro atoms. The molecule has 0 aromatic rings. The molecule has 0 N–H and O–H groups in total. The Bertz CT molecular complexity index is 337. The Morgan fingerprint density at radius 2 is 1.43 bits per heavy atom. The zero-order chi connectivity index (χ0) is 15.1. The molecule has 0 radical (unpaired) electrons. The van der Waals surface area contributed by atoms with Crippen LogP contribution in [-0.2, 0) is 14.2 Å². The van der Waals surface area contributed by atoms with Crippen LogP contribution in [0.3, 0.4) is 0 Å². The number of rotatable bonds is 5. The molecule has 2 saturated carbocycles. The molecule has 0 aliphatic heterocycles. The van der Waals surface area contributed by atoms with Gasteiger partial charge in [0.2, 0.25) is 0 Å². The molecule has 2 aliphatic rings. The Hall–Kier alpha value is -0.925. The van der Waals surface area contributed by atoms with Gasteiger partial charge in [-0.05, 0) is 24.6 Å². The minimum atomic E-state index is -0.297. The van der Waals surface area contributed by atoms with Crippen molar-refractivity contribution in [2.24, 2.45) is 0 Å². The molecule has 0 bridgehead atoms. The zero-order valence-corrected chi connectivity index (χ0v) is 13.6. The highest BCUT2D eigenvalue weighted by Gasteiger charge is 2.39. The van der Waals surface area contributed by atoms with E-state index in [1.54, 1.807) is 6.08 Å². The monoisotopic (exact) mass is 292 g/mol. The van der Waals surface area contributed by atoms with Gasteiger partial charge in [0.05, 0.1) is 0 Å². The molecular weight excluding hydrogens is 263 g/mol. The van der Waals surface area contributed by atoms with Crippen LogP contribution in [0.25, 0.3) is 0 Å². The van der Waals surface area contributed by atoms with E-state index in [1.807, 2.05) is 6.92 Å². The fourth-order valence-electron chi connectivity index (χ4n) is 3.93. The van der Waals surface area contributed by atoms with Gasteiger partial charge in [0.25, 0.3) is 5.95 Å². The molecule has 0 atom stereocenters. The normalized spacial score (nSPS) is 21.9. The third kappa shape index (κ3) is 5.08. The van der Waals surface area contributed by atoms with Crippen LogP contribution in [0.2, 0.25) is 11.6 Å². The summed E-state index contributed by atoms with van der Waals surface area (Å²) in [4.78, 5) is 11.2. The van der Waals surface area contributed by atoms with Gasteiger partial charge < -0.3 is 9.39 Å². The Labute approximate surface area is 129 Å². The number of carbonyl (C=O) groups is 1. The molecule has 0 saturated heterocycles. The van der Waals surface area contributed by atoms with E-state index >= 15 is 0 Å². The first-order valence-electron chi connectivity index (χ1n) is 8.72. The number of hydrogen-bond acceptors (Lipinski definition) is 3. The van der Waals surface area contributed by atoms with Gasteiger partial charge in [0, 0.05) is 6.92 Å². The van der Waals surface area contributed by atoms with Crippen molar-refractivity contribution in [3.8, 4) is 0 Å². The second kappa shape index (κ2) is 8.50. The number of allylic oxidation sites excluding steroid dienone is 1. The van der Waals surface area contributed by atoms with Crippen molar-refractivity contribution < 1.29 is 14.2 Å². The Morgan fingerprint density at radius 1 is 0.952 bits per heavy atom. The average molecular weight is 292 g/mol. The lowest BCUT2D eigenvalue weighted by molar-refractivity contribution is -0.140. The van der Waals surface area contributed by atoms with Crippen molar-refractivity contribution in [2.75, 3.05) is 0 Å². The fraction of sp³-hybridized carbons (Fsp3) is 0.824. The summed E-state index contributed by atoms with van der Waals surface area (Å²) in [6.07, 6.45) is 14.8. The van der Waals surface area contributed by atoms with E-state index < -0.39 is 0 Å². The van der Waals surface area contributed by atoms with Crippen molar-refractivity contribution in [3.05, 3.63) is 12.0 Å². The van der Waals surface area contributed by atoms with Gasteiger partial charge in [-0.15, -0.1) is 0 Å². The SMILES string of the molecule is C/C=C(/OB(C1CCCCC1)C1CCCCC1)OC(C)=O. The molecule has 118 valence electrons. The lowest BCUT2D eigenvalue weighted by Gasteiger charge is -2.34. The number of ether oxygens (including phenoxy) is 1. The van der Waals surface area contributed by atoms with Crippen LogP contribution in [0.5, 0.6) is 0 Å². The van der Waals surface area contributed by atoms with Gasteiger partial charge in [0.1, 0.15) is 0 Å². The van der Waals surface area contributed by atoms with Crippen LogP contribution in [0, 0.1) is 0 Å². The third-order valence-electron chi connectivity index (χ3n) is 4.96. The van der Waals surface area contributed by atoms with Crippen LogP contribution >= 0.6 is 0 Å². The quantitative estimate of drug-likeness (QED) is 0.402. The molecule has 2 aliphatic carbocycles. The highest BCUT2D eigenvalue weighted by molar-refractivity contribution is 6.55. The van der Waals surface area contributed by atoms with Crippen molar-refractivity contribution in [1.29, 1.82) is 0 Å². The second-order valence-corrected chi connectivity index (χ2v) is 6.58. The van der Waals surface area contributed by atoms with Gasteiger partial charge >= 0.3 is 12.9 Å². The highest BCUT2D eigenvalue weighted by Crippen LogP contribution is 2.42. The van der Waals surface area contributed by atoms with Crippen LogP contribution in [0.15, 0.2) is 12.0 Å². The van der Waals surface area contributed by atoms with Gasteiger partial charge in [-0.3, -0.25) is 4.79 Å². The summed E-state index contributed by atoms with van der Waals surface area (Å²) in [5.74, 6) is 1.37. The minimum absolute atomic E-state index is 0.233. The van der Waals surface area contributed by atoms with Gasteiger partial charge in [0.15, 0.2) is 0 Å². The van der Waals surface area contributed by atoms with E-state index in [-0.39, 0.29) is 12.9 Å². The topological polar surface area (TPSA) is 35.5 Å². The van der Waals surface area contributed by atoms with Crippen molar-refractivity contribution in [3.63, 3.8) is 0 Å². The summed E-state index contributed by atoms with van der Waals surface area (Å²) in [5.41, 5.74) is 0. The summed E-state index contributed by atoms with van der Waals surface area (Å²) < 4.78 is 11.4.